The van der Waals surface area contributed by atoms with Crippen LogP contribution >= 0.6 is 0 Å². The molecule has 2 fully saturated rings. The summed E-state index contributed by atoms with van der Waals surface area (Å²) in [7, 11) is 0. The zero-order chi connectivity index (χ0) is 12.6. The molecule has 2 aliphatic heterocycles. The summed E-state index contributed by atoms with van der Waals surface area (Å²) in [6.45, 7) is 2.81. The van der Waals surface area contributed by atoms with Crippen LogP contribution in [0.15, 0.2) is 12.7 Å². The van der Waals surface area contributed by atoms with Gasteiger partial charge in [0, 0.05) is 0 Å². The minimum absolute atomic E-state index is 0.219. The fourth-order valence-corrected chi connectivity index (χ4v) is 2.17. The first-order valence-electron chi connectivity index (χ1n) is 4.93. The molecule has 1 unspecified atom stereocenters. The largest absolute Gasteiger partial charge is 0.385 e. The molecule has 17 heavy (non-hydrogen) atoms. The lowest BCUT2D eigenvalue weighted by atomic mass is 10.1. The molecule has 2 saturated heterocycles. The number of carbonyl (C=O) groups is 4. The van der Waals surface area contributed by atoms with Crippen molar-refractivity contribution in [2.45, 2.75) is 6.04 Å². The van der Waals surface area contributed by atoms with E-state index >= 15 is 0 Å². The number of cyclic esters (lactones) is 4. The predicted octanol–water partition coefficient (Wildman–Crippen LogP) is -1.48. The molecule has 1 atom stereocenters. The van der Waals surface area contributed by atoms with Crippen molar-refractivity contribution >= 4 is 23.9 Å². The SMILES string of the molecule is C=CC1C(=O)OC(=O)C[N+]12CC(=O)OC(=O)C2. The van der Waals surface area contributed by atoms with E-state index in [9.17, 15) is 19.2 Å². The van der Waals surface area contributed by atoms with Crippen LogP contribution in [0, 0.1) is 0 Å². The van der Waals surface area contributed by atoms with Gasteiger partial charge in [-0.25, -0.2) is 19.2 Å². The molecule has 0 saturated carbocycles. The fraction of sp³-hybridized carbons (Fsp3) is 0.400. The van der Waals surface area contributed by atoms with Crippen molar-refractivity contribution in [1.82, 2.24) is 0 Å². The molecule has 7 nitrogen and oxygen atoms in total. The van der Waals surface area contributed by atoms with Crippen LogP contribution in [-0.4, -0.2) is 54.0 Å². The quantitative estimate of drug-likeness (QED) is 0.240. The van der Waals surface area contributed by atoms with Gasteiger partial charge in [-0.15, -0.1) is 0 Å². The van der Waals surface area contributed by atoms with Crippen molar-refractivity contribution in [3.05, 3.63) is 12.7 Å². The number of ether oxygens (including phenoxy) is 2. The van der Waals surface area contributed by atoms with E-state index in [1.807, 2.05) is 0 Å². The average molecular weight is 240 g/mol. The molecule has 0 bridgehead atoms. The van der Waals surface area contributed by atoms with Gasteiger partial charge in [-0.05, 0) is 6.08 Å². The molecule has 0 aromatic heterocycles. The third-order valence-electron chi connectivity index (χ3n) is 2.83. The lowest BCUT2D eigenvalue weighted by Gasteiger charge is -2.43. The Morgan fingerprint density at radius 1 is 1.00 bits per heavy atom. The van der Waals surface area contributed by atoms with Crippen molar-refractivity contribution < 1.29 is 33.1 Å². The summed E-state index contributed by atoms with van der Waals surface area (Å²) in [5.74, 6) is -3.06. The lowest BCUT2D eigenvalue weighted by molar-refractivity contribution is -0.922. The molecule has 0 aromatic carbocycles. The molecule has 1 spiro atoms. The highest BCUT2D eigenvalue weighted by atomic mass is 16.6. The van der Waals surface area contributed by atoms with Gasteiger partial charge in [0.15, 0.2) is 19.6 Å². The van der Waals surface area contributed by atoms with E-state index in [4.69, 9.17) is 0 Å². The second-order valence-corrected chi connectivity index (χ2v) is 4.01. The maximum atomic E-state index is 11.5. The van der Waals surface area contributed by atoms with E-state index in [-0.39, 0.29) is 24.1 Å². The lowest BCUT2D eigenvalue weighted by Crippen LogP contribution is -2.69. The van der Waals surface area contributed by atoms with Gasteiger partial charge in [0.2, 0.25) is 6.04 Å². The predicted molar refractivity (Wildman–Crippen MR) is 51.0 cm³/mol. The Hall–Kier alpha value is -2.02. The third kappa shape index (κ3) is 1.84. The first-order chi connectivity index (χ1) is 7.97. The zero-order valence-electron chi connectivity index (χ0n) is 8.88. The van der Waals surface area contributed by atoms with E-state index in [0.717, 1.165) is 0 Å². The maximum Gasteiger partial charge on any atom is 0.377 e. The van der Waals surface area contributed by atoms with Crippen molar-refractivity contribution in [3.8, 4) is 0 Å². The summed E-state index contributed by atoms with van der Waals surface area (Å²) in [5.41, 5.74) is 0. The van der Waals surface area contributed by atoms with Crippen LogP contribution in [-0.2, 0) is 28.7 Å². The Bertz CT molecular complexity index is 408. The molecule has 2 aliphatic rings. The summed E-state index contributed by atoms with van der Waals surface area (Å²) in [4.78, 5) is 45.3. The zero-order valence-corrected chi connectivity index (χ0v) is 8.88. The first kappa shape index (κ1) is 11.5. The molecule has 7 heteroatoms. The number of quaternary nitrogens is 1. The number of carbonyl (C=O) groups excluding carboxylic acids is 4. The van der Waals surface area contributed by atoms with E-state index < -0.39 is 29.9 Å². The number of nitrogens with zero attached hydrogens (tertiary/aromatic N) is 1. The standard InChI is InChI=1S/C10H10NO6/c1-2-6-10(15)17-9(14)5-11(6)3-7(12)16-8(13)4-11/h2,6H,1,3-5H2/q+1. The van der Waals surface area contributed by atoms with Crippen LogP contribution in [0.2, 0.25) is 0 Å². The van der Waals surface area contributed by atoms with Gasteiger partial charge in [-0.3, -0.25) is 4.48 Å². The van der Waals surface area contributed by atoms with Crippen LogP contribution in [0.3, 0.4) is 0 Å². The molecule has 2 rings (SSSR count). The second kappa shape index (κ2) is 3.77. The molecule has 0 radical (unpaired) electrons. The smallest absolute Gasteiger partial charge is 0.377 e. The highest BCUT2D eigenvalue weighted by Gasteiger charge is 2.53. The molecule has 0 aliphatic carbocycles. The fourth-order valence-electron chi connectivity index (χ4n) is 2.17. The highest BCUT2D eigenvalue weighted by Crippen LogP contribution is 2.24. The van der Waals surface area contributed by atoms with Crippen molar-refractivity contribution in [2.24, 2.45) is 0 Å². The maximum absolute atomic E-state index is 11.5. The van der Waals surface area contributed by atoms with Crippen LogP contribution in [0.4, 0.5) is 0 Å². The number of morpholine rings is 2. The van der Waals surface area contributed by atoms with Crippen LogP contribution in [0.25, 0.3) is 0 Å². The van der Waals surface area contributed by atoms with E-state index in [0.29, 0.717) is 0 Å². The summed E-state index contributed by atoms with van der Waals surface area (Å²) < 4.78 is 8.54. The minimum Gasteiger partial charge on any atom is -0.385 e. The van der Waals surface area contributed by atoms with Crippen LogP contribution in [0.5, 0.6) is 0 Å². The molecular formula is C10H10NO6+. The van der Waals surface area contributed by atoms with Gasteiger partial charge in [0.05, 0.1) is 0 Å². The van der Waals surface area contributed by atoms with Gasteiger partial charge >= 0.3 is 23.9 Å². The van der Waals surface area contributed by atoms with Gasteiger partial charge in [-0.2, -0.15) is 0 Å². The van der Waals surface area contributed by atoms with Crippen LogP contribution < -0.4 is 0 Å². The summed E-state index contributed by atoms with van der Waals surface area (Å²) in [6, 6.07) is -0.899. The Morgan fingerprint density at radius 2 is 1.47 bits per heavy atom. The molecule has 2 heterocycles. The van der Waals surface area contributed by atoms with Crippen LogP contribution in [0.1, 0.15) is 0 Å². The Kier molecular flexibility index (Phi) is 2.55. The molecular weight excluding hydrogens is 230 g/mol. The van der Waals surface area contributed by atoms with Gasteiger partial charge in [-0.1, -0.05) is 6.58 Å². The number of hydrogen-bond donors (Lipinski definition) is 0. The third-order valence-corrected chi connectivity index (χ3v) is 2.83. The highest BCUT2D eigenvalue weighted by molar-refractivity contribution is 5.94. The molecule has 90 valence electrons. The normalized spacial score (nSPS) is 27.6. The van der Waals surface area contributed by atoms with Gasteiger partial charge < -0.3 is 9.47 Å². The Labute approximate surface area is 96.2 Å². The average Bonchev–Trinajstić information content (AvgIpc) is 2.13. The summed E-state index contributed by atoms with van der Waals surface area (Å²) >= 11 is 0. The van der Waals surface area contributed by atoms with Crippen molar-refractivity contribution in [2.75, 3.05) is 19.6 Å². The molecule has 0 aromatic rings. The molecule has 0 amide bonds. The topological polar surface area (TPSA) is 86.7 Å². The van der Waals surface area contributed by atoms with Gasteiger partial charge in [0.1, 0.15) is 0 Å². The summed E-state index contributed by atoms with van der Waals surface area (Å²) in [5, 5.41) is 0. The second-order valence-electron chi connectivity index (χ2n) is 4.01. The van der Waals surface area contributed by atoms with Gasteiger partial charge in [0.25, 0.3) is 0 Å². The molecule has 0 N–H and O–H groups in total. The summed E-state index contributed by atoms with van der Waals surface area (Å²) in [6.07, 6.45) is 1.28. The number of rotatable bonds is 1. The van der Waals surface area contributed by atoms with E-state index in [1.165, 1.54) is 6.08 Å². The van der Waals surface area contributed by atoms with E-state index in [2.05, 4.69) is 16.1 Å². The number of esters is 4. The minimum atomic E-state index is -0.899. The Balaban J connectivity index is 2.40. The van der Waals surface area contributed by atoms with Crippen molar-refractivity contribution in [1.29, 1.82) is 0 Å². The Morgan fingerprint density at radius 3 is 1.94 bits per heavy atom. The monoisotopic (exact) mass is 240 g/mol. The number of hydrogen-bond acceptors (Lipinski definition) is 6. The van der Waals surface area contributed by atoms with Crippen molar-refractivity contribution in [3.63, 3.8) is 0 Å². The first-order valence-corrected chi connectivity index (χ1v) is 4.93. The van der Waals surface area contributed by atoms with E-state index in [1.54, 1.807) is 0 Å².